The summed E-state index contributed by atoms with van der Waals surface area (Å²) >= 11 is 0. The van der Waals surface area contributed by atoms with Crippen molar-refractivity contribution < 1.29 is 9.84 Å². The summed E-state index contributed by atoms with van der Waals surface area (Å²) in [6.07, 6.45) is 2.71. The largest absolute Gasteiger partial charge is 0.396 e. The van der Waals surface area contributed by atoms with Gasteiger partial charge in [0.25, 0.3) is 0 Å². The zero-order valence-corrected chi connectivity index (χ0v) is 8.28. The third-order valence-electron chi connectivity index (χ3n) is 3.38. The average Bonchev–Trinajstić information content (AvgIpc) is 2.71. The van der Waals surface area contributed by atoms with Crippen molar-refractivity contribution in [3.05, 3.63) is 0 Å². The molecular formula is C10H19NO2. The molecule has 0 saturated carbocycles. The molecule has 3 atom stereocenters. The normalized spacial score (nSPS) is 41.5. The van der Waals surface area contributed by atoms with E-state index in [-0.39, 0.29) is 0 Å². The maximum atomic E-state index is 9.03. The Kier molecular flexibility index (Phi) is 2.86. The van der Waals surface area contributed by atoms with Gasteiger partial charge in [-0.25, -0.2) is 0 Å². The standard InChI is InChI=1S/C10H19NO2/c1-8-10(3-5-13-8)11-4-2-9(6-11)7-12/h8-10,12H,2-7H2,1H3. The minimum atomic E-state index is 0.346. The molecule has 2 aliphatic rings. The van der Waals surface area contributed by atoms with Crippen molar-refractivity contribution in [1.82, 2.24) is 4.90 Å². The quantitative estimate of drug-likeness (QED) is 0.679. The van der Waals surface area contributed by atoms with E-state index in [2.05, 4.69) is 11.8 Å². The van der Waals surface area contributed by atoms with E-state index in [0.717, 1.165) is 26.1 Å². The molecule has 2 saturated heterocycles. The van der Waals surface area contributed by atoms with E-state index < -0.39 is 0 Å². The van der Waals surface area contributed by atoms with Gasteiger partial charge in [-0.05, 0) is 32.2 Å². The van der Waals surface area contributed by atoms with Gasteiger partial charge in [-0.3, -0.25) is 4.90 Å². The first kappa shape index (κ1) is 9.44. The van der Waals surface area contributed by atoms with E-state index in [1.54, 1.807) is 0 Å². The summed E-state index contributed by atoms with van der Waals surface area (Å²) in [5, 5.41) is 9.03. The van der Waals surface area contributed by atoms with Gasteiger partial charge < -0.3 is 9.84 Å². The third kappa shape index (κ3) is 1.87. The van der Waals surface area contributed by atoms with E-state index in [0.29, 0.717) is 24.7 Å². The Morgan fingerprint density at radius 3 is 2.85 bits per heavy atom. The Bertz CT molecular complexity index is 174. The molecule has 76 valence electrons. The molecule has 13 heavy (non-hydrogen) atoms. The van der Waals surface area contributed by atoms with Gasteiger partial charge in [-0.15, -0.1) is 0 Å². The first-order valence-corrected chi connectivity index (χ1v) is 5.27. The van der Waals surface area contributed by atoms with Crippen LogP contribution in [0.4, 0.5) is 0 Å². The molecule has 0 bridgehead atoms. The van der Waals surface area contributed by atoms with Crippen molar-refractivity contribution in [2.75, 3.05) is 26.3 Å². The Morgan fingerprint density at radius 2 is 2.31 bits per heavy atom. The molecule has 2 rings (SSSR count). The van der Waals surface area contributed by atoms with Crippen molar-refractivity contribution >= 4 is 0 Å². The van der Waals surface area contributed by atoms with Gasteiger partial charge in [0.05, 0.1) is 6.10 Å². The van der Waals surface area contributed by atoms with E-state index in [1.165, 1.54) is 6.42 Å². The highest BCUT2D eigenvalue weighted by molar-refractivity contribution is 4.87. The predicted molar refractivity (Wildman–Crippen MR) is 50.6 cm³/mol. The number of aliphatic hydroxyl groups is 1. The molecule has 0 radical (unpaired) electrons. The molecule has 2 aliphatic heterocycles. The fourth-order valence-corrected chi connectivity index (χ4v) is 2.51. The smallest absolute Gasteiger partial charge is 0.0703 e. The van der Waals surface area contributed by atoms with E-state index in [9.17, 15) is 0 Å². The molecule has 0 spiro atoms. The van der Waals surface area contributed by atoms with Crippen LogP contribution in [-0.2, 0) is 4.74 Å². The summed E-state index contributed by atoms with van der Waals surface area (Å²) < 4.78 is 5.54. The Labute approximate surface area is 79.7 Å². The van der Waals surface area contributed by atoms with Crippen LogP contribution in [0, 0.1) is 5.92 Å². The Hall–Kier alpha value is -0.120. The number of nitrogens with zero attached hydrogens (tertiary/aromatic N) is 1. The maximum absolute atomic E-state index is 9.03. The van der Waals surface area contributed by atoms with Crippen LogP contribution in [0.3, 0.4) is 0 Å². The highest BCUT2D eigenvalue weighted by Crippen LogP contribution is 2.25. The fraction of sp³-hybridized carbons (Fsp3) is 1.00. The molecule has 3 nitrogen and oxygen atoms in total. The number of hydrogen-bond acceptors (Lipinski definition) is 3. The van der Waals surface area contributed by atoms with E-state index >= 15 is 0 Å². The second kappa shape index (κ2) is 3.95. The summed E-state index contributed by atoms with van der Waals surface area (Å²) in [6, 6.07) is 0.608. The number of hydrogen-bond donors (Lipinski definition) is 1. The van der Waals surface area contributed by atoms with Crippen LogP contribution in [-0.4, -0.2) is 48.5 Å². The minimum absolute atomic E-state index is 0.346. The summed E-state index contributed by atoms with van der Waals surface area (Å²) in [5.74, 6) is 0.507. The van der Waals surface area contributed by atoms with Crippen molar-refractivity contribution in [3.8, 4) is 0 Å². The van der Waals surface area contributed by atoms with Gasteiger partial charge in [0, 0.05) is 25.8 Å². The molecule has 2 heterocycles. The molecule has 3 unspecified atom stereocenters. The maximum Gasteiger partial charge on any atom is 0.0703 e. The van der Waals surface area contributed by atoms with Crippen molar-refractivity contribution in [1.29, 1.82) is 0 Å². The van der Waals surface area contributed by atoms with Gasteiger partial charge >= 0.3 is 0 Å². The Morgan fingerprint density at radius 1 is 1.46 bits per heavy atom. The number of rotatable bonds is 2. The van der Waals surface area contributed by atoms with Crippen LogP contribution in [0.1, 0.15) is 19.8 Å². The molecule has 1 N–H and O–H groups in total. The van der Waals surface area contributed by atoms with Crippen LogP contribution < -0.4 is 0 Å². The topological polar surface area (TPSA) is 32.7 Å². The number of ether oxygens (including phenoxy) is 1. The lowest BCUT2D eigenvalue weighted by Gasteiger charge is -2.25. The molecule has 0 amide bonds. The fourth-order valence-electron chi connectivity index (χ4n) is 2.51. The van der Waals surface area contributed by atoms with Crippen molar-refractivity contribution in [3.63, 3.8) is 0 Å². The number of likely N-dealkylation sites (tertiary alicyclic amines) is 1. The van der Waals surface area contributed by atoms with Crippen LogP contribution >= 0.6 is 0 Å². The van der Waals surface area contributed by atoms with Gasteiger partial charge in [0.2, 0.25) is 0 Å². The molecule has 0 aromatic heterocycles. The predicted octanol–water partition coefficient (Wildman–Crippen LogP) is 0.478. The van der Waals surface area contributed by atoms with Gasteiger partial charge in [0.1, 0.15) is 0 Å². The lowest BCUT2D eigenvalue weighted by Crippen LogP contribution is -2.38. The SMILES string of the molecule is CC1OCCC1N1CCC(CO)C1. The minimum Gasteiger partial charge on any atom is -0.396 e. The molecular weight excluding hydrogens is 166 g/mol. The van der Waals surface area contributed by atoms with E-state index in [1.807, 2.05) is 0 Å². The lowest BCUT2D eigenvalue weighted by molar-refractivity contribution is 0.0803. The first-order valence-electron chi connectivity index (χ1n) is 5.27. The van der Waals surface area contributed by atoms with E-state index in [4.69, 9.17) is 9.84 Å². The van der Waals surface area contributed by atoms with Gasteiger partial charge in [-0.1, -0.05) is 0 Å². The highest BCUT2D eigenvalue weighted by Gasteiger charge is 2.34. The van der Waals surface area contributed by atoms with Gasteiger partial charge in [0.15, 0.2) is 0 Å². The summed E-state index contributed by atoms with van der Waals surface area (Å²) in [6.45, 7) is 5.62. The van der Waals surface area contributed by atoms with Crippen LogP contribution in [0.5, 0.6) is 0 Å². The number of aliphatic hydroxyl groups excluding tert-OH is 1. The second-order valence-electron chi connectivity index (χ2n) is 4.26. The Balaban J connectivity index is 1.88. The molecule has 0 aromatic rings. The lowest BCUT2D eigenvalue weighted by atomic mass is 10.1. The van der Waals surface area contributed by atoms with Crippen molar-refractivity contribution in [2.24, 2.45) is 5.92 Å². The average molecular weight is 185 g/mol. The monoisotopic (exact) mass is 185 g/mol. The second-order valence-corrected chi connectivity index (χ2v) is 4.26. The molecule has 2 fully saturated rings. The summed E-state index contributed by atoms with van der Waals surface area (Å²) in [7, 11) is 0. The van der Waals surface area contributed by atoms with Crippen molar-refractivity contribution in [2.45, 2.75) is 31.9 Å². The molecule has 3 heteroatoms. The zero-order chi connectivity index (χ0) is 9.26. The van der Waals surface area contributed by atoms with Crippen LogP contribution in [0.2, 0.25) is 0 Å². The third-order valence-corrected chi connectivity index (χ3v) is 3.38. The summed E-state index contributed by atoms with van der Waals surface area (Å²) in [5.41, 5.74) is 0. The van der Waals surface area contributed by atoms with Crippen LogP contribution in [0.15, 0.2) is 0 Å². The summed E-state index contributed by atoms with van der Waals surface area (Å²) in [4.78, 5) is 2.48. The molecule has 0 aromatic carbocycles. The molecule has 0 aliphatic carbocycles. The first-order chi connectivity index (χ1) is 6.31. The van der Waals surface area contributed by atoms with Crippen LogP contribution in [0.25, 0.3) is 0 Å². The zero-order valence-electron chi connectivity index (χ0n) is 8.28. The van der Waals surface area contributed by atoms with Gasteiger partial charge in [-0.2, -0.15) is 0 Å². The highest BCUT2D eigenvalue weighted by atomic mass is 16.5.